The van der Waals surface area contributed by atoms with E-state index in [-0.39, 0.29) is 17.2 Å². The molecule has 0 bridgehead atoms. The molecule has 0 radical (unpaired) electrons. The van der Waals surface area contributed by atoms with E-state index in [0.717, 1.165) is 5.70 Å². The molecular weight excluding hydrogens is 168 g/mol. The molecule has 1 fully saturated rings. The second kappa shape index (κ2) is 2.18. The average Bonchev–Trinajstić information content (AvgIpc) is 2.41. The third kappa shape index (κ3) is 0.777. The number of carbonyl (C=O) groups is 1. The van der Waals surface area contributed by atoms with Crippen molar-refractivity contribution in [1.29, 1.82) is 0 Å². The van der Waals surface area contributed by atoms with Gasteiger partial charge in [-0.25, -0.2) is 0 Å². The molecule has 2 aliphatic rings. The molecule has 0 aromatic carbocycles. The van der Waals surface area contributed by atoms with E-state index in [2.05, 4.69) is 5.32 Å². The second-order valence-electron chi connectivity index (χ2n) is 2.20. The monoisotopic (exact) mass is 174 g/mol. The Morgan fingerprint density at radius 2 is 2.50 bits per heavy atom. The summed E-state index contributed by atoms with van der Waals surface area (Å²) in [4.78, 5) is 10.9. The summed E-state index contributed by atoms with van der Waals surface area (Å²) in [5.74, 6) is -0.0518. The van der Waals surface area contributed by atoms with Gasteiger partial charge in [0.2, 0.25) is 5.91 Å². The molecule has 3 N–H and O–H groups in total. The van der Waals surface area contributed by atoms with Crippen LogP contribution < -0.4 is 11.1 Å². The summed E-state index contributed by atoms with van der Waals surface area (Å²) in [6.07, 6.45) is 0. The van der Waals surface area contributed by atoms with Gasteiger partial charge in [0.05, 0.1) is 5.25 Å². The molecule has 1 saturated heterocycles. The van der Waals surface area contributed by atoms with Crippen LogP contribution in [0.5, 0.6) is 0 Å². The highest BCUT2D eigenvalue weighted by atomic mass is 33.1. The summed E-state index contributed by atoms with van der Waals surface area (Å²) in [6, 6.07) is -0.341. The zero-order valence-electron chi connectivity index (χ0n) is 5.03. The molecular formula is C5H6N2OS2. The third-order valence-electron chi connectivity index (χ3n) is 1.54. The molecule has 2 aliphatic heterocycles. The van der Waals surface area contributed by atoms with Crippen molar-refractivity contribution in [1.82, 2.24) is 5.32 Å². The number of fused-ring (bicyclic) bond motifs is 1. The van der Waals surface area contributed by atoms with E-state index in [9.17, 15) is 4.79 Å². The normalized spacial score (nSPS) is 37.3. The van der Waals surface area contributed by atoms with E-state index in [1.54, 1.807) is 21.6 Å². The Morgan fingerprint density at radius 3 is 3.20 bits per heavy atom. The average molecular weight is 174 g/mol. The number of carbonyl (C=O) groups excluding carboxylic acids is 1. The lowest BCUT2D eigenvalue weighted by Gasteiger charge is -2.04. The number of hydrogen-bond acceptors (Lipinski definition) is 4. The van der Waals surface area contributed by atoms with Crippen molar-refractivity contribution in [2.45, 2.75) is 11.3 Å². The molecule has 0 spiro atoms. The maximum absolute atomic E-state index is 10.9. The van der Waals surface area contributed by atoms with Gasteiger partial charge < -0.3 is 11.1 Å². The highest BCUT2D eigenvalue weighted by Gasteiger charge is 2.39. The Balaban J connectivity index is 2.29. The van der Waals surface area contributed by atoms with E-state index in [0.29, 0.717) is 0 Å². The van der Waals surface area contributed by atoms with Gasteiger partial charge in [-0.15, -0.1) is 0 Å². The Bertz CT molecular complexity index is 216. The van der Waals surface area contributed by atoms with Gasteiger partial charge in [-0.2, -0.15) is 0 Å². The Kier molecular flexibility index (Phi) is 1.43. The molecule has 2 unspecified atom stereocenters. The van der Waals surface area contributed by atoms with Crippen LogP contribution in [0.2, 0.25) is 0 Å². The lowest BCUT2D eigenvalue weighted by molar-refractivity contribution is -0.119. The number of amides is 1. The van der Waals surface area contributed by atoms with Gasteiger partial charge in [0.1, 0.15) is 6.04 Å². The Morgan fingerprint density at radius 1 is 1.70 bits per heavy atom. The molecule has 0 aliphatic carbocycles. The van der Waals surface area contributed by atoms with Crippen LogP contribution in [0.4, 0.5) is 0 Å². The molecule has 0 saturated carbocycles. The van der Waals surface area contributed by atoms with Gasteiger partial charge in [-0.05, 0) is 0 Å². The summed E-state index contributed by atoms with van der Waals surface area (Å²) >= 11 is 0. The van der Waals surface area contributed by atoms with Gasteiger partial charge in [0, 0.05) is 11.1 Å². The first kappa shape index (κ1) is 6.57. The molecule has 54 valence electrons. The second-order valence-corrected chi connectivity index (χ2v) is 4.48. The van der Waals surface area contributed by atoms with Crippen molar-refractivity contribution < 1.29 is 4.79 Å². The van der Waals surface area contributed by atoms with Gasteiger partial charge >= 0.3 is 0 Å². The topological polar surface area (TPSA) is 55.1 Å². The van der Waals surface area contributed by atoms with Gasteiger partial charge in [-0.3, -0.25) is 4.79 Å². The Hall–Kier alpha value is -0.130. The minimum absolute atomic E-state index is 0.0518. The fourth-order valence-corrected chi connectivity index (χ4v) is 3.53. The van der Waals surface area contributed by atoms with Crippen molar-refractivity contribution in [3.63, 3.8) is 0 Å². The molecule has 1 amide bonds. The number of hydrogen-bond donors (Lipinski definition) is 2. The van der Waals surface area contributed by atoms with E-state index >= 15 is 0 Å². The quantitative estimate of drug-likeness (QED) is 0.509. The van der Waals surface area contributed by atoms with Crippen LogP contribution in [0, 0.1) is 0 Å². The minimum atomic E-state index is -0.341. The Labute approximate surface area is 66.2 Å². The molecule has 5 heteroatoms. The summed E-state index contributed by atoms with van der Waals surface area (Å²) in [6.45, 7) is 0. The number of nitrogens with two attached hydrogens (primary N) is 1. The van der Waals surface area contributed by atoms with Crippen LogP contribution in [0.3, 0.4) is 0 Å². The highest BCUT2D eigenvalue weighted by Crippen LogP contribution is 2.42. The maximum Gasteiger partial charge on any atom is 0.242 e. The summed E-state index contributed by atoms with van der Waals surface area (Å²) in [5, 5.41) is 4.84. The van der Waals surface area contributed by atoms with Crippen LogP contribution >= 0.6 is 21.6 Å². The molecule has 2 heterocycles. The van der Waals surface area contributed by atoms with Crippen molar-refractivity contribution in [2.24, 2.45) is 5.73 Å². The van der Waals surface area contributed by atoms with E-state index in [4.69, 9.17) is 5.73 Å². The lowest BCUT2D eigenvalue weighted by atomic mass is 10.2. The zero-order chi connectivity index (χ0) is 7.14. The first-order chi connectivity index (χ1) is 4.79. The van der Waals surface area contributed by atoms with Crippen LogP contribution in [0.15, 0.2) is 11.1 Å². The predicted molar refractivity (Wildman–Crippen MR) is 43.2 cm³/mol. The number of nitrogens with one attached hydrogen (secondary N) is 1. The first-order valence-electron chi connectivity index (χ1n) is 2.87. The zero-order valence-corrected chi connectivity index (χ0v) is 6.67. The van der Waals surface area contributed by atoms with Crippen LogP contribution in [0.1, 0.15) is 0 Å². The third-order valence-corrected chi connectivity index (χ3v) is 4.00. The lowest BCUT2D eigenvalue weighted by Crippen LogP contribution is -2.34. The van der Waals surface area contributed by atoms with Crippen LogP contribution in [-0.4, -0.2) is 17.2 Å². The molecule has 3 nitrogen and oxygen atoms in total. The number of rotatable bonds is 0. The summed E-state index contributed by atoms with van der Waals surface area (Å²) < 4.78 is 0. The summed E-state index contributed by atoms with van der Waals surface area (Å²) in [7, 11) is 3.27. The molecule has 2 atom stereocenters. The van der Waals surface area contributed by atoms with Crippen molar-refractivity contribution in [3.05, 3.63) is 11.1 Å². The van der Waals surface area contributed by atoms with Gasteiger partial charge in [0.25, 0.3) is 0 Å². The van der Waals surface area contributed by atoms with Crippen molar-refractivity contribution >= 4 is 27.5 Å². The smallest absolute Gasteiger partial charge is 0.242 e. The molecule has 0 aromatic heterocycles. The molecule has 2 rings (SSSR count). The van der Waals surface area contributed by atoms with Gasteiger partial charge in [-0.1, -0.05) is 21.6 Å². The van der Waals surface area contributed by atoms with E-state index in [1.165, 1.54) is 0 Å². The fourth-order valence-electron chi connectivity index (χ4n) is 0.975. The van der Waals surface area contributed by atoms with Crippen molar-refractivity contribution in [2.75, 3.05) is 0 Å². The predicted octanol–water partition coefficient (Wildman–Crippen LogP) is 0.0485. The SMILES string of the molecule is NC1C(=O)NC2=CSSC21. The maximum atomic E-state index is 10.9. The van der Waals surface area contributed by atoms with Gasteiger partial charge in [0.15, 0.2) is 0 Å². The largest absolute Gasteiger partial charge is 0.327 e. The van der Waals surface area contributed by atoms with Crippen LogP contribution in [0.25, 0.3) is 0 Å². The van der Waals surface area contributed by atoms with Crippen molar-refractivity contribution in [3.8, 4) is 0 Å². The van der Waals surface area contributed by atoms with Crippen LogP contribution in [-0.2, 0) is 4.79 Å². The van der Waals surface area contributed by atoms with E-state index in [1.807, 2.05) is 5.41 Å². The minimum Gasteiger partial charge on any atom is -0.327 e. The molecule has 10 heavy (non-hydrogen) atoms. The summed E-state index contributed by atoms with van der Waals surface area (Å²) in [5.41, 5.74) is 6.56. The molecule has 0 aromatic rings. The first-order valence-corrected chi connectivity index (χ1v) is 5.15. The van der Waals surface area contributed by atoms with E-state index < -0.39 is 0 Å². The highest BCUT2D eigenvalue weighted by molar-refractivity contribution is 8.78. The standard InChI is InChI=1S/C5H6N2OS2/c6-3-4-2(1-9-10-4)7-5(3)8/h1,3-4H,6H2,(H,7,8). The fraction of sp³-hybridized carbons (Fsp3) is 0.400.